The molecule has 0 aromatic heterocycles. The van der Waals surface area contributed by atoms with Crippen molar-refractivity contribution in [3.63, 3.8) is 0 Å². The lowest BCUT2D eigenvalue weighted by atomic mass is 10.0. The number of hydrogen-bond donors (Lipinski definition) is 1. The molecule has 1 rings (SSSR count). The van der Waals surface area contributed by atoms with Crippen molar-refractivity contribution in [1.82, 2.24) is 9.62 Å². The second-order valence-corrected chi connectivity index (χ2v) is 6.52. The van der Waals surface area contributed by atoms with E-state index in [2.05, 4.69) is 19.2 Å². The Morgan fingerprint density at radius 3 is 2.67 bits per heavy atom. The quantitative estimate of drug-likeness (QED) is 0.760. The highest BCUT2D eigenvalue weighted by Crippen LogP contribution is 2.26. The monoisotopic (exact) mass is 234 g/mol. The molecule has 4 nitrogen and oxygen atoms in total. The van der Waals surface area contributed by atoms with E-state index in [1.165, 1.54) is 0 Å². The third-order valence-corrected chi connectivity index (χ3v) is 4.87. The predicted molar refractivity (Wildman–Crippen MR) is 62.3 cm³/mol. The van der Waals surface area contributed by atoms with Crippen molar-refractivity contribution in [2.24, 2.45) is 5.92 Å². The first kappa shape index (κ1) is 12.9. The zero-order chi connectivity index (χ0) is 11.5. The number of hydrogen-bond acceptors (Lipinski definition) is 3. The van der Waals surface area contributed by atoms with Crippen LogP contribution in [-0.4, -0.2) is 44.7 Å². The lowest BCUT2D eigenvalue weighted by Crippen LogP contribution is -2.41. The number of rotatable bonds is 5. The molecule has 1 aliphatic rings. The molecule has 0 aliphatic carbocycles. The van der Waals surface area contributed by atoms with Gasteiger partial charge in [0.15, 0.2) is 0 Å². The maximum atomic E-state index is 12.0. The van der Waals surface area contributed by atoms with Gasteiger partial charge < -0.3 is 5.32 Å². The predicted octanol–water partition coefficient (Wildman–Crippen LogP) is 0.656. The Hall–Kier alpha value is -0.130. The summed E-state index contributed by atoms with van der Waals surface area (Å²) in [7, 11) is -1.27. The van der Waals surface area contributed by atoms with Gasteiger partial charge in [0.05, 0.1) is 5.75 Å². The van der Waals surface area contributed by atoms with Crippen molar-refractivity contribution in [2.75, 3.05) is 25.9 Å². The van der Waals surface area contributed by atoms with Crippen LogP contribution >= 0.6 is 0 Å². The lowest BCUT2D eigenvalue weighted by Gasteiger charge is -2.26. The van der Waals surface area contributed by atoms with E-state index in [1.807, 2.05) is 0 Å². The highest BCUT2D eigenvalue weighted by molar-refractivity contribution is 7.89. The second-order valence-electron chi connectivity index (χ2n) is 4.48. The Morgan fingerprint density at radius 1 is 1.47 bits per heavy atom. The van der Waals surface area contributed by atoms with Gasteiger partial charge >= 0.3 is 0 Å². The van der Waals surface area contributed by atoms with Gasteiger partial charge in [-0.05, 0) is 25.8 Å². The van der Waals surface area contributed by atoms with Crippen LogP contribution in [0.5, 0.6) is 0 Å². The molecule has 0 radical (unpaired) electrons. The molecule has 1 heterocycles. The van der Waals surface area contributed by atoms with E-state index in [9.17, 15) is 8.42 Å². The molecule has 0 aromatic carbocycles. The maximum absolute atomic E-state index is 12.0. The molecule has 1 aliphatic heterocycles. The first-order valence-electron chi connectivity index (χ1n) is 5.63. The minimum absolute atomic E-state index is 0.215. The maximum Gasteiger partial charge on any atom is 0.215 e. The van der Waals surface area contributed by atoms with E-state index in [0.717, 1.165) is 12.8 Å². The van der Waals surface area contributed by atoms with Gasteiger partial charge in [-0.1, -0.05) is 13.8 Å². The molecule has 5 heteroatoms. The molecule has 1 unspecified atom stereocenters. The van der Waals surface area contributed by atoms with Crippen molar-refractivity contribution in [3.8, 4) is 0 Å². The van der Waals surface area contributed by atoms with E-state index < -0.39 is 10.0 Å². The first-order chi connectivity index (χ1) is 6.99. The summed E-state index contributed by atoms with van der Waals surface area (Å²) in [6.07, 6.45) is 2.01. The zero-order valence-corrected chi connectivity index (χ0v) is 10.7. The molecular formula is C10H22N2O2S. The third kappa shape index (κ3) is 3.16. The van der Waals surface area contributed by atoms with Crippen LogP contribution in [0.4, 0.5) is 0 Å². The Labute approximate surface area is 93.1 Å². The Kier molecular flexibility index (Phi) is 4.55. The highest BCUT2D eigenvalue weighted by atomic mass is 32.2. The summed E-state index contributed by atoms with van der Waals surface area (Å²) < 4.78 is 25.7. The van der Waals surface area contributed by atoms with Gasteiger partial charge in [-0.25, -0.2) is 8.42 Å². The van der Waals surface area contributed by atoms with Crippen LogP contribution in [0.2, 0.25) is 0 Å². The number of nitrogens with one attached hydrogen (secondary N) is 1. The normalized spacial score (nSPS) is 23.9. The molecule has 0 spiro atoms. The van der Waals surface area contributed by atoms with Crippen molar-refractivity contribution < 1.29 is 8.42 Å². The molecular weight excluding hydrogens is 212 g/mol. The molecule has 1 N–H and O–H groups in total. The van der Waals surface area contributed by atoms with Gasteiger partial charge in [-0.3, -0.25) is 0 Å². The molecule has 15 heavy (non-hydrogen) atoms. The van der Waals surface area contributed by atoms with E-state index in [4.69, 9.17) is 0 Å². The van der Waals surface area contributed by atoms with Gasteiger partial charge in [0.1, 0.15) is 0 Å². The second kappa shape index (κ2) is 5.27. The van der Waals surface area contributed by atoms with Crippen LogP contribution in [-0.2, 0) is 10.0 Å². The molecule has 0 bridgehead atoms. The molecule has 0 amide bonds. The fraction of sp³-hybridized carbons (Fsp3) is 1.00. The van der Waals surface area contributed by atoms with Gasteiger partial charge in [-0.15, -0.1) is 0 Å². The van der Waals surface area contributed by atoms with Crippen molar-refractivity contribution in [2.45, 2.75) is 32.7 Å². The van der Waals surface area contributed by atoms with E-state index in [-0.39, 0.29) is 11.8 Å². The summed E-state index contributed by atoms with van der Waals surface area (Å²) in [5.41, 5.74) is 0. The van der Waals surface area contributed by atoms with Crippen LogP contribution < -0.4 is 5.32 Å². The highest BCUT2D eigenvalue weighted by Gasteiger charge is 2.35. The Balaban J connectivity index is 2.69. The molecule has 0 saturated carbocycles. The number of sulfonamides is 1. The van der Waals surface area contributed by atoms with E-state index >= 15 is 0 Å². The average molecular weight is 234 g/mol. The SMILES string of the molecule is CNCCS(=O)(=O)N1CCCC1C(C)C. The Morgan fingerprint density at radius 2 is 2.13 bits per heavy atom. The van der Waals surface area contributed by atoms with Gasteiger partial charge in [-0.2, -0.15) is 4.31 Å². The van der Waals surface area contributed by atoms with E-state index in [1.54, 1.807) is 11.4 Å². The Bertz CT molecular complexity index is 288. The van der Waals surface area contributed by atoms with Crippen molar-refractivity contribution >= 4 is 10.0 Å². The number of nitrogens with zero attached hydrogens (tertiary/aromatic N) is 1. The summed E-state index contributed by atoms with van der Waals surface area (Å²) in [6, 6.07) is 0.215. The zero-order valence-electron chi connectivity index (χ0n) is 9.86. The summed E-state index contributed by atoms with van der Waals surface area (Å²) in [6.45, 7) is 5.42. The minimum Gasteiger partial charge on any atom is -0.319 e. The molecule has 1 atom stereocenters. The summed E-state index contributed by atoms with van der Waals surface area (Å²) >= 11 is 0. The summed E-state index contributed by atoms with van der Waals surface area (Å²) in [5, 5.41) is 2.89. The fourth-order valence-corrected chi connectivity index (χ4v) is 3.99. The van der Waals surface area contributed by atoms with Crippen LogP contribution in [0.1, 0.15) is 26.7 Å². The molecule has 90 valence electrons. The lowest BCUT2D eigenvalue weighted by molar-refractivity contribution is 0.315. The van der Waals surface area contributed by atoms with Crippen LogP contribution in [0.15, 0.2) is 0 Å². The fourth-order valence-electron chi connectivity index (χ4n) is 2.13. The van der Waals surface area contributed by atoms with Gasteiger partial charge in [0, 0.05) is 19.1 Å². The van der Waals surface area contributed by atoms with Crippen molar-refractivity contribution in [1.29, 1.82) is 0 Å². The standard InChI is InChI=1S/C10H22N2O2S/c1-9(2)10-5-4-7-12(10)15(13,14)8-6-11-3/h9-11H,4-8H2,1-3H3. The summed E-state index contributed by atoms with van der Waals surface area (Å²) in [5.74, 6) is 0.629. The smallest absolute Gasteiger partial charge is 0.215 e. The van der Waals surface area contributed by atoms with E-state index in [0.29, 0.717) is 19.0 Å². The third-order valence-electron chi connectivity index (χ3n) is 2.99. The van der Waals surface area contributed by atoms with Crippen molar-refractivity contribution in [3.05, 3.63) is 0 Å². The molecule has 1 saturated heterocycles. The largest absolute Gasteiger partial charge is 0.319 e. The van der Waals surface area contributed by atoms with Crippen LogP contribution in [0.25, 0.3) is 0 Å². The topological polar surface area (TPSA) is 49.4 Å². The van der Waals surface area contributed by atoms with Gasteiger partial charge in [0.25, 0.3) is 0 Å². The van der Waals surface area contributed by atoms with Crippen LogP contribution in [0.3, 0.4) is 0 Å². The minimum atomic E-state index is -3.05. The average Bonchev–Trinajstić information content (AvgIpc) is 2.63. The van der Waals surface area contributed by atoms with Crippen LogP contribution in [0, 0.1) is 5.92 Å². The molecule has 1 fully saturated rings. The summed E-state index contributed by atoms with van der Waals surface area (Å²) in [4.78, 5) is 0. The molecule has 0 aromatic rings. The first-order valence-corrected chi connectivity index (χ1v) is 7.24. The van der Waals surface area contributed by atoms with Gasteiger partial charge in [0.2, 0.25) is 10.0 Å².